The standard InChI is InChI=1S/C17H26ClN/c1-3-19-17(14-8-6-4-5-7-9-14)16-12-15(18)11-10-13(16)2/h10-12,14,17,19H,3-9H2,1-2H3. The van der Waals surface area contributed by atoms with Crippen LogP contribution in [0.25, 0.3) is 0 Å². The van der Waals surface area contributed by atoms with Gasteiger partial charge in [-0.3, -0.25) is 0 Å². The summed E-state index contributed by atoms with van der Waals surface area (Å²) in [4.78, 5) is 0. The summed E-state index contributed by atoms with van der Waals surface area (Å²) >= 11 is 6.20. The molecule has 1 atom stereocenters. The zero-order valence-corrected chi connectivity index (χ0v) is 13.0. The minimum atomic E-state index is 0.474. The van der Waals surface area contributed by atoms with Crippen molar-refractivity contribution in [3.63, 3.8) is 0 Å². The van der Waals surface area contributed by atoms with E-state index in [1.807, 2.05) is 6.07 Å². The minimum Gasteiger partial charge on any atom is -0.310 e. The third-order valence-electron chi connectivity index (χ3n) is 4.37. The number of halogens is 1. The Morgan fingerprint density at radius 2 is 1.89 bits per heavy atom. The number of nitrogens with one attached hydrogen (secondary N) is 1. The third kappa shape index (κ3) is 3.97. The molecule has 1 aromatic carbocycles. The van der Waals surface area contributed by atoms with E-state index in [1.165, 1.54) is 49.7 Å². The molecule has 1 unspecified atom stereocenters. The monoisotopic (exact) mass is 279 g/mol. The smallest absolute Gasteiger partial charge is 0.0409 e. The Hall–Kier alpha value is -0.530. The molecule has 1 fully saturated rings. The van der Waals surface area contributed by atoms with Gasteiger partial charge in [0.25, 0.3) is 0 Å². The van der Waals surface area contributed by atoms with E-state index in [1.54, 1.807) is 0 Å². The molecule has 0 saturated heterocycles. The van der Waals surface area contributed by atoms with Crippen molar-refractivity contribution in [3.8, 4) is 0 Å². The summed E-state index contributed by atoms with van der Waals surface area (Å²) in [7, 11) is 0. The lowest BCUT2D eigenvalue weighted by Gasteiger charge is -2.29. The molecule has 19 heavy (non-hydrogen) atoms. The Morgan fingerprint density at radius 3 is 2.53 bits per heavy atom. The van der Waals surface area contributed by atoms with Crippen LogP contribution in [-0.2, 0) is 0 Å². The van der Waals surface area contributed by atoms with E-state index in [0.29, 0.717) is 6.04 Å². The molecule has 2 heteroatoms. The van der Waals surface area contributed by atoms with Crippen LogP contribution in [0.1, 0.15) is 62.6 Å². The van der Waals surface area contributed by atoms with Gasteiger partial charge in [0, 0.05) is 11.1 Å². The molecule has 106 valence electrons. The second-order valence-corrected chi connectivity index (χ2v) is 6.22. The summed E-state index contributed by atoms with van der Waals surface area (Å²) in [5.74, 6) is 0.764. The molecular formula is C17H26ClN. The predicted octanol–water partition coefficient (Wildman–Crippen LogP) is 5.27. The zero-order valence-electron chi connectivity index (χ0n) is 12.2. The molecule has 1 N–H and O–H groups in total. The van der Waals surface area contributed by atoms with Crippen LogP contribution >= 0.6 is 11.6 Å². The van der Waals surface area contributed by atoms with Crippen LogP contribution in [0, 0.1) is 12.8 Å². The average molecular weight is 280 g/mol. The highest BCUT2D eigenvalue weighted by molar-refractivity contribution is 6.30. The second-order valence-electron chi connectivity index (χ2n) is 5.79. The molecule has 0 aliphatic heterocycles. The lowest BCUT2D eigenvalue weighted by molar-refractivity contribution is 0.329. The molecule has 0 heterocycles. The molecule has 0 aromatic heterocycles. The van der Waals surface area contributed by atoms with Crippen LogP contribution in [0.5, 0.6) is 0 Å². The number of benzene rings is 1. The van der Waals surface area contributed by atoms with Crippen molar-refractivity contribution in [3.05, 3.63) is 34.3 Å². The highest BCUT2D eigenvalue weighted by Gasteiger charge is 2.24. The maximum absolute atomic E-state index is 6.20. The van der Waals surface area contributed by atoms with Crippen molar-refractivity contribution in [2.45, 2.75) is 58.4 Å². The first kappa shape index (κ1) is 14.9. The Kier molecular flexibility index (Phi) is 5.72. The first-order valence-corrected chi connectivity index (χ1v) is 8.09. The molecule has 1 aliphatic carbocycles. The lowest BCUT2D eigenvalue weighted by atomic mass is 9.85. The first-order chi connectivity index (χ1) is 9.22. The van der Waals surface area contributed by atoms with Gasteiger partial charge in [0.1, 0.15) is 0 Å². The summed E-state index contributed by atoms with van der Waals surface area (Å²) in [6, 6.07) is 6.78. The average Bonchev–Trinajstić information content (AvgIpc) is 2.68. The molecule has 2 rings (SSSR count). The molecule has 1 aliphatic rings. The molecule has 0 bridgehead atoms. The van der Waals surface area contributed by atoms with Gasteiger partial charge >= 0.3 is 0 Å². The largest absolute Gasteiger partial charge is 0.310 e. The van der Waals surface area contributed by atoms with Gasteiger partial charge < -0.3 is 5.32 Å². The third-order valence-corrected chi connectivity index (χ3v) is 4.61. The van der Waals surface area contributed by atoms with Gasteiger partial charge in [-0.15, -0.1) is 0 Å². The van der Waals surface area contributed by atoms with Gasteiger partial charge in [-0.05, 0) is 55.5 Å². The van der Waals surface area contributed by atoms with Crippen molar-refractivity contribution < 1.29 is 0 Å². The van der Waals surface area contributed by atoms with Crippen LogP contribution in [-0.4, -0.2) is 6.54 Å². The molecular weight excluding hydrogens is 254 g/mol. The van der Waals surface area contributed by atoms with E-state index in [2.05, 4.69) is 31.3 Å². The Bertz CT molecular complexity index is 394. The van der Waals surface area contributed by atoms with E-state index < -0.39 is 0 Å². The summed E-state index contributed by atoms with van der Waals surface area (Å²) in [5.41, 5.74) is 2.76. The van der Waals surface area contributed by atoms with Gasteiger partial charge in [-0.2, -0.15) is 0 Å². The summed E-state index contributed by atoms with van der Waals surface area (Å²) in [5, 5.41) is 4.56. The van der Waals surface area contributed by atoms with Crippen LogP contribution in [0.3, 0.4) is 0 Å². The summed E-state index contributed by atoms with van der Waals surface area (Å²) in [6.07, 6.45) is 8.28. The lowest BCUT2D eigenvalue weighted by Crippen LogP contribution is -2.28. The van der Waals surface area contributed by atoms with Crippen LogP contribution < -0.4 is 5.32 Å². The predicted molar refractivity (Wildman–Crippen MR) is 83.8 cm³/mol. The maximum atomic E-state index is 6.20. The maximum Gasteiger partial charge on any atom is 0.0409 e. The molecule has 0 spiro atoms. The van der Waals surface area contributed by atoms with Crippen molar-refractivity contribution in [1.82, 2.24) is 5.32 Å². The van der Waals surface area contributed by atoms with E-state index in [4.69, 9.17) is 11.6 Å². The number of hydrogen-bond acceptors (Lipinski definition) is 1. The van der Waals surface area contributed by atoms with Gasteiger partial charge in [0.15, 0.2) is 0 Å². The quantitative estimate of drug-likeness (QED) is 0.741. The van der Waals surface area contributed by atoms with Crippen molar-refractivity contribution in [2.75, 3.05) is 6.54 Å². The fourth-order valence-electron chi connectivity index (χ4n) is 3.34. The van der Waals surface area contributed by atoms with Gasteiger partial charge in [-0.1, -0.05) is 50.3 Å². The SMILES string of the molecule is CCNC(c1cc(Cl)ccc1C)C1CCCCCC1. The zero-order chi connectivity index (χ0) is 13.7. The van der Waals surface area contributed by atoms with E-state index in [-0.39, 0.29) is 0 Å². The van der Waals surface area contributed by atoms with E-state index >= 15 is 0 Å². The number of aryl methyl sites for hydroxylation is 1. The van der Waals surface area contributed by atoms with Crippen molar-refractivity contribution in [2.24, 2.45) is 5.92 Å². The van der Waals surface area contributed by atoms with Crippen LogP contribution in [0.15, 0.2) is 18.2 Å². The Balaban J connectivity index is 2.24. The molecule has 0 amide bonds. The van der Waals surface area contributed by atoms with Crippen molar-refractivity contribution >= 4 is 11.6 Å². The molecule has 0 radical (unpaired) electrons. The fraction of sp³-hybridized carbons (Fsp3) is 0.647. The minimum absolute atomic E-state index is 0.474. The van der Waals surface area contributed by atoms with E-state index in [0.717, 1.165) is 17.5 Å². The number of hydrogen-bond donors (Lipinski definition) is 1. The highest BCUT2D eigenvalue weighted by atomic mass is 35.5. The van der Waals surface area contributed by atoms with Crippen LogP contribution in [0.4, 0.5) is 0 Å². The van der Waals surface area contributed by atoms with E-state index in [9.17, 15) is 0 Å². The molecule has 1 aromatic rings. The normalized spacial score (nSPS) is 19.1. The Morgan fingerprint density at radius 1 is 1.21 bits per heavy atom. The Labute approximate surface area is 122 Å². The molecule has 1 saturated carbocycles. The van der Waals surface area contributed by atoms with Gasteiger partial charge in [0.2, 0.25) is 0 Å². The first-order valence-electron chi connectivity index (χ1n) is 7.71. The molecule has 1 nitrogen and oxygen atoms in total. The van der Waals surface area contributed by atoms with Crippen molar-refractivity contribution in [1.29, 1.82) is 0 Å². The van der Waals surface area contributed by atoms with Gasteiger partial charge in [-0.25, -0.2) is 0 Å². The second kappa shape index (κ2) is 7.31. The summed E-state index contributed by atoms with van der Waals surface area (Å²) in [6.45, 7) is 5.42. The fourth-order valence-corrected chi connectivity index (χ4v) is 3.52. The topological polar surface area (TPSA) is 12.0 Å². The number of rotatable bonds is 4. The van der Waals surface area contributed by atoms with Crippen LogP contribution in [0.2, 0.25) is 5.02 Å². The van der Waals surface area contributed by atoms with Gasteiger partial charge in [0.05, 0.1) is 0 Å². The highest BCUT2D eigenvalue weighted by Crippen LogP contribution is 2.35. The summed E-state index contributed by atoms with van der Waals surface area (Å²) < 4.78 is 0.